The van der Waals surface area contributed by atoms with E-state index in [2.05, 4.69) is 31.0 Å². The zero-order valence-electron chi connectivity index (χ0n) is 13.0. The summed E-state index contributed by atoms with van der Waals surface area (Å²) in [5.41, 5.74) is 6.05. The van der Waals surface area contributed by atoms with Crippen molar-refractivity contribution in [1.29, 1.82) is 0 Å². The normalized spacial score (nSPS) is 27.8. The summed E-state index contributed by atoms with van der Waals surface area (Å²) in [6.45, 7) is 8.35. The minimum atomic E-state index is 0.0207. The van der Waals surface area contributed by atoms with Crippen molar-refractivity contribution in [2.45, 2.75) is 52.0 Å². The fraction of sp³-hybridized carbons (Fsp3) is 0.933. The van der Waals surface area contributed by atoms with Gasteiger partial charge in [0.1, 0.15) is 0 Å². The highest BCUT2D eigenvalue weighted by atomic mass is 16.2. The van der Waals surface area contributed by atoms with Gasteiger partial charge in [0.2, 0.25) is 5.91 Å². The van der Waals surface area contributed by atoms with Gasteiger partial charge in [0.15, 0.2) is 0 Å². The van der Waals surface area contributed by atoms with E-state index in [-0.39, 0.29) is 11.4 Å². The lowest BCUT2D eigenvalue weighted by Crippen LogP contribution is -2.56. The number of amides is 1. The Morgan fingerprint density at radius 2 is 2.21 bits per heavy atom. The van der Waals surface area contributed by atoms with Gasteiger partial charge in [-0.3, -0.25) is 9.69 Å². The van der Waals surface area contributed by atoms with E-state index >= 15 is 0 Å². The molecule has 0 radical (unpaired) electrons. The molecule has 112 valence electrons. The van der Waals surface area contributed by atoms with Crippen LogP contribution in [0, 0.1) is 11.8 Å². The monoisotopic (exact) mass is 269 g/mol. The van der Waals surface area contributed by atoms with Crippen LogP contribution in [0.25, 0.3) is 0 Å². The zero-order valence-corrected chi connectivity index (χ0v) is 13.0. The SMILES string of the molecule is CC(C)CNC(=O)CN(C)C1(CN)CCCC(C)C1. The number of nitrogens with zero attached hydrogens (tertiary/aromatic N) is 1. The first-order valence-electron chi connectivity index (χ1n) is 7.57. The first-order valence-corrected chi connectivity index (χ1v) is 7.57. The van der Waals surface area contributed by atoms with Gasteiger partial charge in [0, 0.05) is 18.6 Å². The average molecular weight is 269 g/mol. The van der Waals surface area contributed by atoms with Gasteiger partial charge in [0.05, 0.1) is 6.54 Å². The Morgan fingerprint density at radius 3 is 2.74 bits per heavy atom. The molecule has 2 atom stereocenters. The third-order valence-electron chi connectivity index (χ3n) is 4.35. The van der Waals surface area contributed by atoms with Crippen LogP contribution >= 0.6 is 0 Å². The highest BCUT2D eigenvalue weighted by molar-refractivity contribution is 5.78. The van der Waals surface area contributed by atoms with E-state index in [9.17, 15) is 4.79 Å². The van der Waals surface area contributed by atoms with Crippen LogP contribution in [0.3, 0.4) is 0 Å². The lowest BCUT2D eigenvalue weighted by molar-refractivity contribution is -0.124. The van der Waals surface area contributed by atoms with Crippen molar-refractivity contribution in [3.8, 4) is 0 Å². The molecule has 2 unspecified atom stereocenters. The second kappa shape index (κ2) is 7.25. The second-order valence-corrected chi connectivity index (χ2v) is 6.68. The number of rotatable bonds is 6. The minimum absolute atomic E-state index is 0.0207. The van der Waals surface area contributed by atoms with Gasteiger partial charge in [-0.25, -0.2) is 0 Å². The first kappa shape index (κ1) is 16.4. The molecule has 19 heavy (non-hydrogen) atoms. The molecule has 0 spiro atoms. The van der Waals surface area contributed by atoms with Gasteiger partial charge in [-0.1, -0.05) is 33.6 Å². The Morgan fingerprint density at radius 1 is 1.53 bits per heavy atom. The van der Waals surface area contributed by atoms with E-state index in [0.717, 1.165) is 19.4 Å². The van der Waals surface area contributed by atoms with Crippen LogP contribution in [-0.2, 0) is 4.79 Å². The van der Waals surface area contributed by atoms with Gasteiger partial charge in [-0.15, -0.1) is 0 Å². The summed E-state index contributed by atoms with van der Waals surface area (Å²) < 4.78 is 0. The highest BCUT2D eigenvalue weighted by Crippen LogP contribution is 2.35. The Hall–Kier alpha value is -0.610. The maximum Gasteiger partial charge on any atom is 0.234 e. The fourth-order valence-electron chi connectivity index (χ4n) is 3.08. The second-order valence-electron chi connectivity index (χ2n) is 6.68. The summed E-state index contributed by atoms with van der Waals surface area (Å²) in [4.78, 5) is 14.1. The van der Waals surface area contributed by atoms with Crippen LogP contribution in [-0.4, -0.2) is 43.0 Å². The maximum atomic E-state index is 11.9. The maximum absolute atomic E-state index is 11.9. The number of nitrogens with one attached hydrogen (secondary N) is 1. The van der Waals surface area contributed by atoms with E-state index in [0.29, 0.717) is 24.9 Å². The van der Waals surface area contributed by atoms with Crippen LogP contribution in [0.2, 0.25) is 0 Å². The number of carbonyl (C=O) groups is 1. The summed E-state index contributed by atoms with van der Waals surface area (Å²) in [5.74, 6) is 1.31. The van der Waals surface area contributed by atoms with Crippen molar-refractivity contribution in [1.82, 2.24) is 10.2 Å². The number of nitrogens with two attached hydrogens (primary N) is 1. The summed E-state index contributed by atoms with van der Waals surface area (Å²) in [6, 6.07) is 0. The van der Waals surface area contributed by atoms with Gasteiger partial charge in [-0.05, 0) is 31.7 Å². The van der Waals surface area contributed by atoms with Crippen LogP contribution < -0.4 is 11.1 Å². The summed E-state index contributed by atoms with van der Waals surface area (Å²) in [6.07, 6.45) is 4.73. The van der Waals surface area contributed by atoms with Crippen molar-refractivity contribution in [3.05, 3.63) is 0 Å². The average Bonchev–Trinajstić information content (AvgIpc) is 2.36. The Bertz CT molecular complexity index is 293. The Labute approximate surface area is 118 Å². The molecule has 1 amide bonds. The van der Waals surface area contributed by atoms with Crippen molar-refractivity contribution in [2.24, 2.45) is 17.6 Å². The van der Waals surface area contributed by atoms with Crippen molar-refractivity contribution in [2.75, 3.05) is 26.7 Å². The van der Waals surface area contributed by atoms with Crippen LogP contribution in [0.1, 0.15) is 46.5 Å². The highest BCUT2D eigenvalue weighted by Gasteiger charge is 2.37. The topological polar surface area (TPSA) is 58.4 Å². The van der Waals surface area contributed by atoms with E-state index in [1.165, 1.54) is 12.8 Å². The van der Waals surface area contributed by atoms with Crippen molar-refractivity contribution in [3.63, 3.8) is 0 Å². The number of hydrogen-bond donors (Lipinski definition) is 2. The minimum Gasteiger partial charge on any atom is -0.355 e. The van der Waals surface area contributed by atoms with E-state index in [1.807, 2.05) is 7.05 Å². The summed E-state index contributed by atoms with van der Waals surface area (Å²) in [7, 11) is 2.04. The molecule has 0 aromatic carbocycles. The van der Waals surface area contributed by atoms with Crippen LogP contribution in [0.4, 0.5) is 0 Å². The molecule has 1 fully saturated rings. The molecule has 4 nitrogen and oxygen atoms in total. The molecule has 0 bridgehead atoms. The van der Waals surface area contributed by atoms with Gasteiger partial charge in [-0.2, -0.15) is 0 Å². The summed E-state index contributed by atoms with van der Waals surface area (Å²) >= 11 is 0. The van der Waals surface area contributed by atoms with Gasteiger partial charge in [0.25, 0.3) is 0 Å². The van der Waals surface area contributed by atoms with Crippen LogP contribution in [0.5, 0.6) is 0 Å². The first-order chi connectivity index (χ1) is 8.89. The standard InChI is InChI=1S/C15H31N3O/c1-12(2)9-17-14(19)10-18(4)15(11-16)7-5-6-13(3)8-15/h12-13H,5-11,16H2,1-4H3,(H,17,19). The van der Waals surface area contributed by atoms with Gasteiger partial charge < -0.3 is 11.1 Å². The van der Waals surface area contributed by atoms with E-state index < -0.39 is 0 Å². The molecule has 3 N–H and O–H groups in total. The summed E-state index contributed by atoms with van der Waals surface area (Å²) in [5, 5.41) is 2.98. The Kier molecular flexibility index (Phi) is 6.27. The molecule has 1 aliphatic carbocycles. The lowest BCUT2D eigenvalue weighted by Gasteiger charge is -2.45. The number of carbonyl (C=O) groups excluding carboxylic acids is 1. The molecular formula is C15H31N3O. The van der Waals surface area contributed by atoms with Crippen LogP contribution in [0.15, 0.2) is 0 Å². The van der Waals surface area contributed by atoms with E-state index in [4.69, 9.17) is 5.73 Å². The molecule has 1 rings (SSSR count). The molecule has 0 aliphatic heterocycles. The Balaban J connectivity index is 2.53. The number of hydrogen-bond acceptors (Lipinski definition) is 3. The molecule has 0 saturated heterocycles. The largest absolute Gasteiger partial charge is 0.355 e. The predicted molar refractivity (Wildman–Crippen MR) is 79.9 cm³/mol. The van der Waals surface area contributed by atoms with E-state index in [1.54, 1.807) is 0 Å². The van der Waals surface area contributed by atoms with Crippen molar-refractivity contribution < 1.29 is 4.79 Å². The van der Waals surface area contributed by atoms with Gasteiger partial charge >= 0.3 is 0 Å². The molecular weight excluding hydrogens is 238 g/mol. The molecule has 0 aromatic rings. The molecule has 4 heteroatoms. The lowest BCUT2D eigenvalue weighted by atomic mass is 9.75. The quantitative estimate of drug-likeness (QED) is 0.770. The predicted octanol–water partition coefficient (Wildman–Crippen LogP) is 1.60. The number of likely N-dealkylation sites (N-methyl/N-ethyl adjacent to an activating group) is 1. The smallest absolute Gasteiger partial charge is 0.234 e. The van der Waals surface area contributed by atoms with Crippen molar-refractivity contribution >= 4 is 5.91 Å². The molecule has 0 heterocycles. The molecule has 0 aromatic heterocycles. The third-order valence-corrected chi connectivity index (χ3v) is 4.35. The zero-order chi connectivity index (χ0) is 14.5. The third kappa shape index (κ3) is 4.77. The fourth-order valence-corrected chi connectivity index (χ4v) is 3.08. The molecule has 1 saturated carbocycles. The molecule has 1 aliphatic rings.